The number of hydrogen-bond donors (Lipinski definition) is 0. The van der Waals surface area contributed by atoms with Gasteiger partial charge in [-0.25, -0.2) is 4.79 Å². The second-order valence-corrected chi connectivity index (χ2v) is 5.97. The van der Waals surface area contributed by atoms with E-state index in [0.717, 1.165) is 24.5 Å². The van der Waals surface area contributed by atoms with Gasteiger partial charge in [0, 0.05) is 4.88 Å². The summed E-state index contributed by atoms with van der Waals surface area (Å²) in [7, 11) is -3.86. The fourth-order valence-electron chi connectivity index (χ4n) is 1.54. The Balaban J connectivity index is 2.62. The number of methoxy groups -OCH3 is 1. The van der Waals surface area contributed by atoms with Gasteiger partial charge in [-0.2, -0.15) is 8.42 Å². The molecule has 100 valence electrons. The fourth-order valence-corrected chi connectivity index (χ4v) is 3.57. The van der Waals surface area contributed by atoms with Gasteiger partial charge in [0.15, 0.2) is 0 Å². The maximum Gasteiger partial charge on any atom is 0.349 e. The molecule has 0 bridgehead atoms. The first-order chi connectivity index (χ1) is 8.93. The van der Waals surface area contributed by atoms with Crippen LogP contribution >= 0.6 is 11.3 Å². The Morgan fingerprint density at radius 2 is 1.89 bits per heavy atom. The summed E-state index contributed by atoms with van der Waals surface area (Å²) in [5, 5.41) is 0. The Kier molecular flexibility index (Phi) is 3.68. The SMILES string of the molecule is COC(=O)c1sc(-c2ccccc2)cc1S(=O)(=O)F. The van der Waals surface area contributed by atoms with Crippen LogP contribution < -0.4 is 0 Å². The Bertz CT molecular complexity index is 705. The Hall–Kier alpha value is -1.73. The highest BCUT2D eigenvalue weighted by Crippen LogP contribution is 2.35. The molecule has 2 aromatic rings. The van der Waals surface area contributed by atoms with Gasteiger partial charge < -0.3 is 4.74 Å². The highest BCUT2D eigenvalue weighted by atomic mass is 32.3. The first kappa shape index (κ1) is 13.7. The van der Waals surface area contributed by atoms with Gasteiger partial charge in [-0.15, -0.1) is 15.2 Å². The molecule has 1 heterocycles. The van der Waals surface area contributed by atoms with Crippen LogP contribution in [0.5, 0.6) is 0 Å². The van der Waals surface area contributed by atoms with Crippen LogP contribution in [-0.4, -0.2) is 21.5 Å². The standard InChI is InChI=1S/C12H9FO4S2/c1-17-12(14)11-10(19(13,15)16)7-9(18-11)8-5-3-2-4-6-8/h2-7H,1H3. The lowest BCUT2D eigenvalue weighted by molar-refractivity contribution is 0.0602. The molecular weight excluding hydrogens is 291 g/mol. The second-order valence-electron chi connectivity index (χ2n) is 3.60. The summed E-state index contributed by atoms with van der Waals surface area (Å²) in [4.78, 5) is 11.1. The normalized spacial score (nSPS) is 11.3. The van der Waals surface area contributed by atoms with E-state index >= 15 is 0 Å². The van der Waals surface area contributed by atoms with Crippen molar-refractivity contribution < 1.29 is 21.8 Å². The van der Waals surface area contributed by atoms with Crippen molar-refractivity contribution in [2.45, 2.75) is 4.90 Å². The summed E-state index contributed by atoms with van der Waals surface area (Å²) in [6.07, 6.45) is 0. The summed E-state index contributed by atoms with van der Waals surface area (Å²) in [6, 6.07) is 9.93. The lowest BCUT2D eigenvalue weighted by Gasteiger charge is -1.96. The van der Waals surface area contributed by atoms with Crippen LogP contribution in [0.1, 0.15) is 9.67 Å². The number of ether oxygens (including phenoxy) is 1. The number of hydrogen-bond acceptors (Lipinski definition) is 5. The molecule has 0 unspecified atom stereocenters. The molecule has 0 N–H and O–H groups in total. The molecule has 0 spiro atoms. The minimum Gasteiger partial charge on any atom is -0.465 e. The van der Waals surface area contributed by atoms with E-state index in [1.807, 2.05) is 0 Å². The molecule has 0 saturated heterocycles. The van der Waals surface area contributed by atoms with Crippen molar-refractivity contribution in [1.82, 2.24) is 0 Å². The van der Waals surface area contributed by atoms with Gasteiger partial charge in [0.2, 0.25) is 0 Å². The van der Waals surface area contributed by atoms with Crippen molar-refractivity contribution in [2.75, 3.05) is 7.11 Å². The van der Waals surface area contributed by atoms with E-state index in [0.29, 0.717) is 10.4 Å². The van der Waals surface area contributed by atoms with Crippen molar-refractivity contribution in [3.05, 3.63) is 41.3 Å². The highest BCUT2D eigenvalue weighted by Gasteiger charge is 2.26. The van der Waals surface area contributed by atoms with Gasteiger partial charge in [-0.3, -0.25) is 0 Å². The maximum atomic E-state index is 13.2. The molecule has 0 aliphatic carbocycles. The van der Waals surface area contributed by atoms with Gasteiger partial charge in [-0.05, 0) is 11.6 Å². The van der Waals surface area contributed by atoms with E-state index in [1.54, 1.807) is 30.3 Å². The second kappa shape index (κ2) is 5.10. The topological polar surface area (TPSA) is 60.4 Å². The average molecular weight is 300 g/mol. The number of rotatable bonds is 3. The van der Waals surface area contributed by atoms with Gasteiger partial charge in [0.05, 0.1) is 7.11 Å². The molecule has 0 amide bonds. The zero-order chi connectivity index (χ0) is 14.0. The Morgan fingerprint density at radius 1 is 1.26 bits per heavy atom. The summed E-state index contributed by atoms with van der Waals surface area (Å²) >= 11 is 0.878. The summed E-state index contributed by atoms with van der Waals surface area (Å²) in [6.45, 7) is 0. The summed E-state index contributed by atoms with van der Waals surface area (Å²) in [5.41, 5.74) is 0.701. The third kappa shape index (κ3) is 2.82. The van der Waals surface area contributed by atoms with E-state index in [1.165, 1.54) is 0 Å². The van der Waals surface area contributed by atoms with Crippen molar-refractivity contribution in [3.63, 3.8) is 0 Å². The summed E-state index contributed by atoms with van der Waals surface area (Å²) < 4.78 is 39.7. The van der Waals surface area contributed by atoms with Gasteiger partial charge in [-0.1, -0.05) is 30.3 Å². The third-order valence-electron chi connectivity index (χ3n) is 2.39. The molecule has 1 aromatic heterocycles. The zero-order valence-electron chi connectivity index (χ0n) is 9.79. The van der Waals surface area contributed by atoms with E-state index in [2.05, 4.69) is 4.74 Å². The van der Waals surface area contributed by atoms with Crippen LogP contribution in [0, 0.1) is 0 Å². The van der Waals surface area contributed by atoms with Gasteiger partial charge >= 0.3 is 16.2 Å². The fraction of sp³-hybridized carbons (Fsp3) is 0.0833. The Labute approximate surface area is 113 Å². The van der Waals surface area contributed by atoms with Crippen LogP contribution in [-0.2, 0) is 15.0 Å². The Morgan fingerprint density at radius 3 is 2.42 bits per heavy atom. The number of thiophene rings is 1. The lowest BCUT2D eigenvalue weighted by Crippen LogP contribution is -2.03. The molecule has 0 fully saturated rings. The van der Waals surface area contributed by atoms with E-state index in [4.69, 9.17) is 0 Å². The van der Waals surface area contributed by atoms with E-state index < -0.39 is 21.1 Å². The molecule has 0 saturated carbocycles. The van der Waals surface area contributed by atoms with E-state index in [-0.39, 0.29) is 4.88 Å². The first-order valence-corrected chi connectivity index (χ1v) is 7.35. The smallest absolute Gasteiger partial charge is 0.349 e. The third-order valence-corrected chi connectivity index (χ3v) is 4.53. The lowest BCUT2D eigenvalue weighted by atomic mass is 10.2. The number of benzene rings is 1. The largest absolute Gasteiger partial charge is 0.465 e. The van der Waals surface area contributed by atoms with E-state index in [9.17, 15) is 17.1 Å². The molecule has 2 rings (SSSR count). The molecule has 0 aliphatic heterocycles. The number of halogens is 1. The molecule has 0 radical (unpaired) electrons. The van der Waals surface area contributed by atoms with Gasteiger partial charge in [0.1, 0.15) is 9.77 Å². The predicted octanol–water partition coefficient (Wildman–Crippen LogP) is 2.86. The monoisotopic (exact) mass is 300 g/mol. The quantitative estimate of drug-likeness (QED) is 0.646. The average Bonchev–Trinajstić information content (AvgIpc) is 2.84. The molecule has 0 atom stereocenters. The predicted molar refractivity (Wildman–Crippen MR) is 69.4 cm³/mol. The van der Waals surface area contributed by atoms with Crippen LogP contribution in [0.25, 0.3) is 10.4 Å². The number of carbonyl (C=O) groups excluding carboxylic acids is 1. The highest BCUT2D eigenvalue weighted by molar-refractivity contribution is 7.86. The molecule has 7 heteroatoms. The first-order valence-electron chi connectivity index (χ1n) is 5.15. The molecule has 1 aromatic carbocycles. The molecule has 0 aliphatic rings. The summed E-state index contributed by atoms with van der Waals surface area (Å²) in [5.74, 6) is -0.872. The minimum absolute atomic E-state index is 0.260. The maximum absolute atomic E-state index is 13.2. The van der Waals surface area contributed by atoms with Crippen LogP contribution in [0.15, 0.2) is 41.3 Å². The van der Waals surface area contributed by atoms with Crippen LogP contribution in [0.2, 0.25) is 0 Å². The molecule has 19 heavy (non-hydrogen) atoms. The minimum atomic E-state index is -4.97. The van der Waals surface area contributed by atoms with Crippen LogP contribution in [0.3, 0.4) is 0 Å². The van der Waals surface area contributed by atoms with Gasteiger partial charge in [0.25, 0.3) is 0 Å². The molecule has 4 nitrogen and oxygen atoms in total. The number of esters is 1. The van der Waals surface area contributed by atoms with Crippen molar-refractivity contribution in [3.8, 4) is 10.4 Å². The van der Waals surface area contributed by atoms with Crippen molar-refractivity contribution in [2.24, 2.45) is 0 Å². The van der Waals surface area contributed by atoms with Crippen LogP contribution in [0.4, 0.5) is 3.89 Å². The number of carbonyl (C=O) groups is 1. The zero-order valence-corrected chi connectivity index (χ0v) is 11.4. The molecular formula is C12H9FO4S2. The van der Waals surface area contributed by atoms with Crippen molar-refractivity contribution in [1.29, 1.82) is 0 Å². The van der Waals surface area contributed by atoms with Crippen molar-refractivity contribution >= 4 is 27.5 Å².